The highest BCUT2D eigenvalue weighted by molar-refractivity contribution is 7.92. The van der Waals surface area contributed by atoms with Crippen LogP contribution in [0.25, 0.3) is 0 Å². The third-order valence-corrected chi connectivity index (χ3v) is 8.94. The van der Waals surface area contributed by atoms with Crippen molar-refractivity contribution in [3.8, 4) is 0 Å². The van der Waals surface area contributed by atoms with Crippen LogP contribution in [0.15, 0.2) is 42.5 Å². The van der Waals surface area contributed by atoms with E-state index >= 15 is 0 Å². The molecule has 2 aromatic carbocycles. The number of hydrogen-bond donors (Lipinski definition) is 1. The second-order valence-electron chi connectivity index (χ2n) is 11.0. The van der Waals surface area contributed by atoms with Gasteiger partial charge in [-0.3, -0.25) is 13.9 Å². The predicted octanol–water partition coefficient (Wildman–Crippen LogP) is 5.41. The molecule has 2 aromatic rings. The zero-order chi connectivity index (χ0) is 28.6. The van der Waals surface area contributed by atoms with Crippen LogP contribution in [0.5, 0.6) is 0 Å². The minimum atomic E-state index is -3.52. The van der Waals surface area contributed by atoms with Gasteiger partial charge >= 0.3 is 0 Å². The number of rotatable bonds is 12. The molecule has 0 spiro atoms. The molecule has 1 atom stereocenters. The normalized spacial score (nSPS) is 15.0. The van der Waals surface area contributed by atoms with Gasteiger partial charge in [0, 0.05) is 25.6 Å². The Morgan fingerprint density at radius 1 is 0.974 bits per heavy atom. The van der Waals surface area contributed by atoms with E-state index in [9.17, 15) is 18.0 Å². The highest BCUT2D eigenvalue weighted by Crippen LogP contribution is 2.23. The topological polar surface area (TPSA) is 86.8 Å². The molecular weight excluding hydrogens is 510 g/mol. The van der Waals surface area contributed by atoms with Crippen molar-refractivity contribution >= 4 is 27.5 Å². The SMILES string of the molecule is CCC(C(=O)NC1CCCCC1)N(Cc1ccc(C)cc1)C(=O)CCCN(c1ccc(C)c(C)c1)S(C)(=O)=O. The maximum atomic E-state index is 13.7. The first-order valence-corrected chi connectivity index (χ1v) is 16.0. The van der Waals surface area contributed by atoms with Crippen LogP contribution >= 0.6 is 0 Å². The number of sulfonamides is 1. The number of benzene rings is 2. The Labute approximate surface area is 235 Å². The van der Waals surface area contributed by atoms with E-state index < -0.39 is 16.1 Å². The fraction of sp³-hybridized carbons (Fsp3) is 0.548. The molecule has 0 saturated heterocycles. The van der Waals surface area contributed by atoms with E-state index in [2.05, 4.69) is 5.32 Å². The molecule has 0 aromatic heterocycles. The molecule has 8 heteroatoms. The Hall–Kier alpha value is -2.87. The summed E-state index contributed by atoms with van der Waals surface area (Å²) in [6.45, 7) is 8.42. The molecule has 1 unspecified atom stereocenters. The summed E-state index contributed by atoms with van der Waals surface area (Å²) in [5.41, 5.74) is 4.79. The number of carbonyl (C=O) groups is 2. The van der Waals surface area contributed by atoms with Crippen molar-refractivity contribution in [2.24, 2.45) is 0 Å². The van der Waals surface area contributed by atoms with Crippen LogP contribution < -0.4 is 9.62 Å². The monoisotopic (exact) mass is 555 g/mol. The average Bonchev–Trinajstić information content (AvgIpc) is 2.89. The Kier molecular flexibility index (Phi) is 11.0. The standard InChI is InChI=1S/C31H45N3O4S/c1-6-29(31(36)32-27-11-8-7-9-12-27)33(22-26-17-14-23(2)15-18-26)30(35)13-10-20-34(39(5,37)38)28-19-16-24(3)25(4)21-28/h14-19,21,27,29H,6-13,20,22H2,1-5H3,(H,32,36). The minimum Gasteiger partial charge on any atom is -0.352 e. The molecule has 2 amide bonds. The molecule has 0 heterocycles. The zero-order valence-electron chi connectivity index (χ0n) is 24.2. The van der Waals surface area contributed by atoms with Crippen molar-refractivity contribution < 1.29 is 18.0 Å². The van der Waals surface area contributed by atoms with Crippen LogP contribution in [0.2, 0.25) is 0 Å². The molecule has 0 radical (unpaired) electrons. The summed E-state index contributed by atoms with van der Waals surface area (Å²) in [7, 11) is -3.52. The van der Waals surface area contributed by atoms with Gasteiger partial charge in [-0.15, -0.1) is 0 Å². The maximum Gasteiger partial charge on any atom is 0.243 e. The summed E-state index contributed by atoms with van der Waals surface area (Å²) in [4.78, 5) is 28.7. The Balaban J connectivity index is 1.76. The van der Waals surface area contributed by atoms with Gasteiger partial charge in [-0.25, -0.2) is 8.42 Å². The lowest BCUT2D eigenvalue weighted by molar-refractivity contribution is -0.141. The summed E-state index contributed by atoms with van der Waals surface area (Å²) < 4.78 is 26.6. The molecule has 1 N–H and O–H groups in total. The number of nitrogens with one attached hydrogen (secondary N) is 1. The molecule has 1 aliphatic rings. The van der Waals surface area contributed by atoms with Crippen molar-refractivity contribution in [2.75, 3.05) is 17.1 Å². The third-order valence-electron chi connectivity index (χ3n) is 7.74. The average molecular weight is 556 g/mol. The number of anilines is 1. The third kappa shape index (κ3) is 8.82. The highest BCUT2D eigenvalue weighted by Gasteiger charge is 2.30. The molecule has 0 bridgehead atoms. The van der Waals surface area contributed by atoms with Gasteiger partial charge < -0.3 is 10.2 Å². The summed E-state index contributed by atoms with van der Waals surface area (Å²) in [5.74, 6) is -0.243. The Morgan fingerprint density at radius 2 is 1.64 bits per heavy atom. The molecule has 1 saturated carbocycles. The lowest BCUT2D eigenvalue weighted by Crippen LogP contribution is -2.51. The second-order valence-corrected chi connectivity index (χ2v) is 12.9. The van der Waals surface area contributed by atoms with E-state index in [4.69, 9.17) is 0 Å². The summed E-state index contributed by atoms with van der Waals surface area (Å²) in [6.07, 6.45) is 7.59. The van der Waals surface area contributed by atoms with Crippen molar-refractivity contribution in [3.63, 3.8) is 0 Å². The molecule has 1 aliphatic carbocycles. The highest BCUT2D eigenvalue weighted by atomic mass is 32.2. The minimum absolute atomic E-state index is 0.0993. The first-order valence-electron chi connectivity index (χ1n) is 14.2. The fourth-order valence-electron chi connectivity index (χ4n) is 5.24. The van der Waals surface area contributed by atoms with Crippen LogP contribution in [0.3, 0.4) is 0 Å². The van der Waals surface area contributed by atoms with Gasteiger partial charge in [0.1, 0.15) is 6.04 Å². The van der Waals surface area contributed by atoms with E-state index in [-0.39, 0.29) is 30.8 Å². The molecule has 0 aliphatic heterocycles. The van der Waals surface area contributed by atoms with Crippen LogP contribution in [0.4, 0.5) is 5.69 Å². The van der Waals surface area contributed by atoms with Gasteiger partial charge in [0.25, 0.3) is 0 Å². The van der Waals surface area contributed by atoms with E-state index in [1.807, 2.05) is 64.1 Å². The smallest absolute Gasteiger partial charge is 0.243 e. The van der Waals surface area contributed by atoms with Gasteiger partial charge in [-0.05, 0) is 75.3 Å². The first kappa shape index (κ1) is 30.7. The number of carbonyl (C=O) groups excluding carboxylic acids is 2. The number of nitrogens with zero attached hydrogens (tertiary/aromatic N) is 2. The van der Waals surface area contributed by atoms with Crippen molar-refractivity contribution in [3.05, 3.63) is 64.7 Å². The second kappa shape index (κ2) is 14.0. The van der Waals surface area contributed by atoms with Crippen molar-refractivity contribution in [1.82, 2.24) is 10.2 Å². The number of aryl methyl sites for hydroxylation is 3. The van der Waals surface area contributed by atoms with E-state index in [1.54, 1.807) is 11.0 Å². The van der Waals surface area contributed by atoms with Gasteiger partial charge in [-0.1, -0.05) is 62.1 Å². The van der Waals surface area contributed by atoms with Gasteiger partial charge in [0.15, 0.2) is 0 Å². The molecule has 214 valence electrons. The summed E-state index contributed by atoms with van der Waals surface area (Å²) >= 11 is 0. The van der Waals surface area contributed by atoms with E-state index in [0.29, 0.717) is 25.1 Å². The lowest BCUT2D eigenvalue weighted by Gasteiger charge is -2.33. The van der Waals surface area contributed by atoms with E-state index in [0.717, 1.165) is 47.9 Å². The lowest BCUT2D eigenvalue weighted by atomic mass is 9.95. The molecule has 1 fully saturated rings. The number of hydrogen-bond acceptors (Lipinski definition) is 4. The van der Waals surface area contributed by atoms with Crippen molar-refractivity contribution in [2.45, 2.75) is 97.7 Å². The fourth-order valence-corrected chi connectivity index (χ4v) is 6.20. The molecule has 3 rings (SSSR count). The van der Waals surface area contributed by atoms with Crippen LogP contribution in [0, 0.1) is 20.8 Å². The van der Waals surface area contributed by atoms with Crippen molar-refractivity contribution in [1.29, 1.82) is 0 Å². The number of amides is 2. The molecule has 7 nitrogen and oxygen atoms in total. The Bertz CT molecular complexity index is 1220. The molecule has 39 heavy (non-hydrogen) atoms. The van der Waals surface area contributed by atoms with Crippen LogP contribution in [-0.4, -0.2) is 50.0 Å². The van der Waals surface area contributed by atoms with Gasteiger partial charge in [0.2, 0.25) is 21.8 Å². The summed E-state index contributed by atoms with van der Waals surface area (Å²) in [6, 6.07) is 13.2. The summed E-state index contributed by atoms with van der Waals surface area (Å²) in [5, 5.41) is 3.21. The van der Waals surface area contributed by atoms with Gasteiger partial charge in [0.05, 0.1) is 11.9 Å². The largest absolute Gasteiger partial charge is 0.352 e. The van der Waals surface area contributed by atoms with Crippen LogP contribution in [-0.2, 0) is 26.2 Å². The molecular formula is C31H45N3O4S. The maximum absolute atomic E-state index is 13.7. The first-order chi connectivity index (χ1) is 18.5. The Morgan fingerprint density at radius 3 is 2.23 bits per heavy atom. The van der Waals surface area contributed by atoms with E-state index in [1.165, 1.54) is 17.0 Å². The van der Waals surface area contributed by atoms with Gasteiger partial charge in [-0.2, -0.15) is 0 Å². The quantitative estimate of drug-likeness (QED) is 0.379. The zero-order valence-corrected chi connectivity index (χ0v) is 25.0. The van der Waals surface area contributed by atoms with Crippen LogP contribution in [0.1, 0.15) is 80.5 Å². The predicted molar refractivity (Wildman–Crippen MR) is 158 cm³/mol.